The molecule has 2 aliphatic heterocycles. The molecular weight excluding hydrogens is 302 g/mol. The van der Waals surface area contributed by atoms with Crippen molar-refractivity contribution in [3.63, 3.8) is 0 Å². The first-order chi connectivity index (χ1) is 11.6. The number of para-hydroxylation sites is 1. The van der Waals surface area contributed by atoms with E-state index in [2.05, 4.69) is 16.0 Å². The predicted octanol–water partition coefficient (Wildman–Crippen LogP) is 2.19. The molecule has 2 atom stereocenters. The molecule has 0 saturated carbocycles. The van der Waals surface area contributed by atoms with Crippen LogP contribution in [0, 0.1) is 6.92 Å². The van der Waals surface area contributed by atoms with E-state index >= 15 is 0 Å². The van der Waals surface area contributed by atoms with E-state index in [0.717, 1.165) is 22.5 Å². The Bertz CT molecular complexity index is 816. The molecule has 24 heavy (non-hydrogen) atoms. The summed E-state index contributed by atoms with van der Waals surface area (Å²) >= 11 is 0. The third kappa shape index (κ3) is 2.29. The number of anilines is 2. The second kappa shape index (κ2) is 5.46. The van der Waals surface area contributed by atoms with Gasteiger partial charge in [-0.2, -0.15) is 0 Å². The average Bonchev–Trinajstić information content (AvgIpc) is 3.14. The quantitative estimate of drug-likeness (QED) is 0.794. The van der Waals surface area contributed by atoms with Crippen molar-refractivity contribution in [3.8, 4) is 0 Å². The molecule has 2 aromatic carbocycles. The second-order valence-corrected chi connectivity index (χ2v) is 6.57. The standard InChI is InChI=1S/C19H19N3O2/c1-12-6-8-13(9-7-12)21-17(23)16-10-19(11-20-16)14-4-2-3-5-15(14)22-18(19)24/h2-9,16,20H,10-11H2,1H3,(H,21,23)(H,22,24). The van der Waals surface area contributed by atoms with Crippen LogP contribution in [0.5, 0.6) is 0 Å². The summed E-state index contributed by atoms with van der Waals surface area (Å²) in [6.07, 6.45) is 0.466. The highest BCUT2D eigenvalue weighted by atomic mass is 16.2. The molecule has 1 saturated heterocycles. The number of hydrogen-bond acceptors (Lipinski definition) is 3. The number of aryl methyl sites for hydroxylation is 1. The van der Waals surface area contributed by atoms with E-state index in [1.165, 1.54) is 0 Å². The van der Waals surface area contributed by atoms with Crippen LogP contribution in [0.15, 0.2) is 48.5 Å². The first kappa shape index (κ1) is 14.9. The number of benzene rings is 2. The first-order valence-corrected chi connectivity index (χ1v) is 8.10. The van der Waals surface area contributed by atoms with Crippen molar-refractivity contribution in [3.05, 3.63) is 59.7 Å². The average molecular weight is 321 g/mol. The molecule has 5 nitrogen and oxygen atoms in total. The summed E-state index contributed by atoms with van der Waals surface area (Å²) in [4.78, 5) is 25.1. The van der Waals surface area contributed by atoms with Crippen LogP contribution in [-0.4, -0.2) is 24.4 Å². The van der Waals surface area contributed by atoms with Crippen molar-refractivity contribution in [2.24, 2.45) is 0 Å². The fourth-order valence-electron chi connectivity index (χ4n) is 3.59. The van der Waals surface area contributed by atoms with Crippen LogP contribution < -0.4 is 16.0 Å². The third-order valence-electron chi connectivity index (χ3n) is 4.96. The van der Waals surface area contributed by atoms with Crippen molar-refractivity contribution in [1.29, 1.82) is 0 Å². The number of rotatable bonds is 2. The van der Waals surface area contributed by atoms with Gasteiger partial charge in [0.05, 0.1) is 11.5 Å². The minimum Gasteiger partial charge on any atom is -0.325 e. The normalized spacial score (nSPS) is 24.7. The summed E-state index contributed by atoms with van der Waals surface area (Å²) in [5, 5.41) is 9.08. The lowest BCUT2D eigenvalue weighted by Gasteiger charge is -2.20. The van der Waals surface area contributed by atoms with Gasteiger partial charge in [-0.15, -0.1) is 0 Å². The van der Waals surface area contributed by atoms with Gasteiger partial charge in [-0.3, -0.25) is 9.59 Å². The van der Waals surface area contributed by atoms with Gasteiger partial charge in [0.2, 0.25) is 11.8 Å². The first-order valence-electron chi connectivity index (χ1n) is 8.10. The van der Waals surface area contributed by atoms with Crippen molar-refractivity contribution >= 4 is 23.2 Å². The SMILES string of the molecule is Cc1ccc(NC(=O)C2CC3(CN2)C(=O)Nc2ccccc23)cc1. The number of carbonyl (C=O) groups is 2. The van der Waals surface area contributed by atoms with Gasteiger partial charge >= 0.3 is 0 Å². The fourth-order valence-corrected chi connectivity index (χ4v) is 3.59. The summed E-state index contributed by atoms with van der Waals surface area (Å²) in [6, 6.07) is 15.0. The van der Waals surface area contributed by atoms with Gasteiger partial charge in [-0.25, -0.2) is 0 Å². The number of carbonyl (C=O) groups excluding carboxylic acids is 2. The lowest BCUT2D eigenvalue weighted by atomic mass is 9.79. The van der Waals surface area contributed by atoms with E-state index in [4.69, 9.17) is 0 Å². The van der Waals surface area contributed by atoms with E-state index in [9.17, 15) is 9.59 Å². The van der Waals surface area contributed by atoms with Gasteiger partial charge in [-0.1, -0.05) is 35.9 Å². The fraction of sp³-hybridized carbons (Fsp3) is 0.263. The highest BCUT2D eigenvalue weighted by molar-refractivity contribution is 6.08. The number of nitrogens with one attached hydrogen (secondary N) is 3. The molecular formula is C19H19N3O2. The Balaban J connectivity index is 1.53. The molecule has 2 heterocycles. The monoisotopic (exact) mass is 321 g/mol. The van der Waals surface area contributed by atoms with Crippen LogP contribution in [0.1, 0.15) is 17.5 Å². The maximum atomic E-state index is 12.6. The molecule has 0 radical (unpaired) electrons. The van der Waals surface area contributed by atoms with E-state index in [-0.39, 0.29) is 17.9 Å². The number of amides is 2. The zero-order valence-electron chi connectivity index (χ0n) is 13.4. The van der Waals surface area contributed by atoms with Crippen molar-refractivity contribution < 1.29 is 9.59 Å². The molecule has 0 aliphatic carbocycles. The zero-order chi connectivity index (χ0) is 16.7. The summed E-state index contributed by atoms with van der Waals surface area (Å²) in [5.74, 6) is -0.130. The van der Waals surface area contributed by atoms with Crippen molar-refractivity contribution in [2.75, 3.05) is 17.2 Å². The summed E-state index contributed by atoms with van der Waals surface area (Å²) in [7, 11) is 0. The van der Waals surface area contributed by atoms with Gasteiger partial charge in [0.25, 0.3) is 0 Å². The Morgan fingerprint density at radius 1 is 1.17 bits per heavy atom. The smallest absolute Gasteiger partial charge is 0.241 e. The highest BCUT2D eigenvalue weighted by Crippen LogP contribution is 2.43. The molecule has 2 aliphatic rings. The molecule has 122 valence electrons. The van der Waals surface area contributed by atoms with Gasteiger partial charge in [0, 0.05) is 17.9 Å². The Labute approximate surface area is 140 Å². The molecule has 2 amide bonds. The topological polar surface area (TPSA) is 70.2 Å². The van der Waals surface area contributed by atoms with Crippen LogP contribution in [0.2, 0.25) is 0 Å². The molecule has 1 spiro atoms. The van der Waals surface area contributed by atoms with Crippen LogP contribution >= 0.6 is 0 Å². The Morgan fingerprint density at radius 3 is 2.71 bits per heavy atom. The largest absolute Gasteiger partial charge is 0.325 e. The van der Waals surface area contributed by atoms with E-state index < -0.39 is 5.41 Å². The minimum atomic E-state index is -0.647. The second-order valence-electron chi connectivity index (χ2n) is 6.57. The molecule has 4 rings (SSSR count). The molecule has 1 fully saturated rings. The maximum Gasteiger partial charge on any atom is 0.241 e. The number of fused-ring (bicyclic) bond motifs is 2. The third-order valence-corrected chi connectivity index (χ3v) is 4.96. The van der Waals surface area contributed by atoms with Crippen LogP contribution in [0.25, 0.3) is 0 Å². The molecule has 2 unspecified atom stereocenters. The van der Waals surface area contributed by atoms with E-state index in [1.807, 2.05) is 55.5 Å². The molecule has 5 heteroatoms. The number of hydrogen-bond donors (Lipinski definition) is 3. The van der Waals surface area contributed by atoms with E-state index in [1.54, 1.807) is 0 Å². The Hall–Kier alpha value is -2.66. The van der Waals surface area contributed by atoms with Crippen molar-refractivity contribution in [1.82, 2.24) is 5.32 Å². The highest BCUT2D eigenvalue weighted by Gasteiger charge is 2.52. The van der Waals surface area contributed by atoms with Gasteiger partial charge in [-0.05, 0) is 37.1 Å². The Morgan fingerprint density at radius 2 is 1.92 bits per heavy atom. The van der Waals surface area contributed by atoms with Gasteiger partial charge in [0.15, 0.2) is 0 Å². The summed E-state index contributed by atoms with van der Waals surface area (Å²) in [6.45, 7) is 2.48. The maximum absolute atomic E-state index is 12.6. The van der Waals surface area contributed by atoms with Gasteiger partial charge in [0.1, 0.15) is 0 Å². The van der Waals surface area contributed by atoms with Crippen LogP contribution in [-0.2, 0) is 15.0 Å². The lowest BCUT2D eigenvalue weighted by Crippen LogP contribution is -2.36. The molecule has 2 aromatic rings. The summed E-state index contributed by atoms with van der Waals surface area (Å²) in [5.41, 5.74) is 3.10. The molecule has 3 N–H and O–H groups in total. The van der Waals surface area contributed by atoms with E-state index in [0.29, 0.717) is 13.0 Å². The molecule has 0 aromatic heterocycles. The van der Waals surface area contributed by atoms with Crippen molar-refractivity contribution in [2.45, 2.75) is 24.8 Å². The zero-order valence-corrected chi connectivity index (χ0v) is 13.4. The van der Waals surface area contributed by atoms with Gasteiger partial charge < -0.3 is 16.0 Å². The lowest BCUT2D eigenvalue weighted by molar-refractivity contribution is -0.120. The predicted molar refractivity (Wildman–Crippen MR) is 93.0 cm³/mol. The van der Waals surface area contributed by atoms with Crippen LogP contribution in [0.3, 0.4) is 0 Å². The van der Waals surface area contributed by atoms with Crippen LogP contribution in [0.4, 0.5) is 11.4 Å². The Kier molecular flexibility index (Phi) is 3.39. The molecule has 0 bridgehead atoms. The minimum absolute atomic E-state index is 0.0261. The summed E-state index contributed by atoms with van der Waals surface area (Å²) < 4.78 is 0.